The maximum atomic E-state index is 9.23. The van der Waals surface area contributed by atoms with E-state index < -0.39 is 0 Å². The van der Waals surface area contributed by atoms with Crippen molar-refractivity contribution in [3.63, 3.8) is 0 Å². The molecule has 0 aromatic carbocycles. The van der Waals surface area contributed by atoms with Crippen molar-refractivity contribution in [2.75, 3.05) is 19.7 Å². The Morgan fingerprint density at radius 2 is 2.00 bits per heavy atom. The van der Waals surface area contributed by atoms with Crippen LogP contribution in [-0.2, 0) is 0 Å². The van der Waals surface area contributed by atoms with Gasteiger partial charge in [-0.15, -0.1) is 0 Å². The van der Waals surface area contributed by atoms with E-state index in [0.29, 0.717) is 0 Å². The van der Waals surface area contributed by atoms with Crippen molar-refractivity contribution < 1.29 is 5.11 Å². The normalized spacial score (nSPS) is 36.4. The minimum absolute atomic E-state index is 0.144. The van der Waals surface area contributed by atoms with Crippen LogP contribution < -0.4 is 5.73 Å². The predicted octanol–water partition coefficient (Wildman–Crippen LogP) is 0.715. The Bertz CT molecular complexity index is 194. The van der Waals surface area contributed by atoms with Gasteiger partial charge in [0.2, 0.25) is 0 Å². The number of nitrogens with zero attached hydrogens (tertiary/aromatic N) is 1. The number of aliphatic hydroxyl groups is 1. The average molecular weight is 198 g/mol. The second-order valence-electron chi connectivity index (χ2n) is 4.99. The molecule has 2 aliphatic rings. The van der Waals surface area contributed by atoms with Crippen LogP contribution in [0.3, 0.4) is 0 Å². The Morgan fingerprint density at radius 3 is 2.57 bits per heavy atom. The maximum Gasteiger partial charge on any atom is 0.0611 e. The lowest BCUT2D eigenvalue weighted by molar-refractivity contribution is 0.124. The first-order valence-electron chi connectivity index (χ1n) is 5.87. The highest BCUT2D eigenvalue weighted by Crippen LogP contribution is 2.28. The van der Waals surface area contributed by atoms with Crippen molar-refractivity contribution >= 4 is 0 Å². The summed E-state index contributed by atoms with van der Waals surface area (Å²) in [5.41, 5.74) is 5.81. The summed E-state index contributed by atoms with van der Waals surface area (Å²) < 4.78 is 0. The van der Waals surface area contributed by atoms with Gasteiger partial charge in [0, 0.05) is 18.1 Å². The summed E-state index contributed by atoms with van der Waals surface area (Å²) in [5.74, 6) is 0. The van der Waals surface area contributed by atoms with E-state index in [2.05, 4.69) is 4.90 Å². The first-order valence-corrected chi connectivity index (χ1v) is 5.87. The van der Waals surface area contributed by atoms with Gasteiger partial charge in [0.25, 0.3) is 0 Å². The fourth-order valence-electron chi connectivity index (χ4n) is 2.51. The zero-order valence-corrected chi connectivity index (χ0v) is 8.91. The van der Waals surface area contributed by atoms with Crippen molar-refractivity contribution in [1.82, 2.24) is 4.90 Å². The Labute approximate surface area is 86.3 Å². The molecule has 1 saturated heterocycles. The van der Waals surface area contributed by atoms with Crippen molar-refractivity contribution in [3.8, 4) is 0 Å². The number of likely N-dealkylation sites (tertiary alicyclic amines) is 1. The van der Waals surface area contributed by atoms with Gasteiger partial charge in [-0.3, -0.25) is 0 Å². The molecule has 0 aromatic rings. The standard InChI is InChI=1S/C11H22N2O/c12-11(9-14)5-2-7-13(8-6-11)10-3-1-4-10/h10,14H,1-9,12H2. The molecular weight excluding hydrogens is 176 g/mol. The largest absolute Gasteiger partial charge is 0.394 e. The molecule has 1 unspecified atom stereocenters. The van der Waals surface area contributed by atoms with Gasteiger partial charge in [-0.1, -0.05) is 6.42 Å². The van der Waals surface area contributed by atoms with Crippen LogP contribution in [0.25, 0.3) is 0 Å². The molecule has 1 heterocycles. The van der Waals surface area contributed by atoms with Crippen LogP contribution in [0, 0.1) is 0 Å². The fourth-order valence-corrected chi connectivity index (χ4v) is 2.51. The molecule has 3 nitrogen and oxygen atoms in total. The summed E-state index contributed by atoms with van der Waals surface area (Å²) in [6, 6.07) is 0.830. The molecular formula is C11H22N2O. The molecule has 0 aromatic heterocycles. The zero-order chi connectivity index (χ0) is 10.0. The van der Waals surface area contributed by atoms with Gasteiger partial charge in [-0.25, -0.2) is 0 Å². The summed E-state index contributed by atoms with van der Waals surface area (Å²) in [6.07, 6.45) is 7.22. The number of nitrogens with two attached hydrogens (primary N) is 1. The highest BCUT2D eigenvalue weighted by Gasteiger charge is 2.31. The highest BCUT2D eigenvalue weighted by molar-refractivity contribution is 4.90. The van der Waals surface area contributed by atoms with E-state index in [4.69, 9.17) is 5.73 Å². The minimum Gasteiger partial charge on any atom is -0.394 e. The van der Waals surface area contributed by atoms with Gasteiger partial charge >= 0.3 is 0 Å². The Balaban J connectivity index is 1.87. The van der Waals surface area contributed by atoms with E-state index in [0.717, 1.165) is 31.8 Å². The highest BCUT2D eigenvalue weighted by atomic mass is 16.3. The molecule has 14 heavy (non-hydrogen) atoms. The summed E-state index contributed by atoms with van der Waals surface area (Å²) in [4.78, 5) is 2.58. The molecule has 1 saturated carbocycles. The third-order valence-corrected chi connectivity index (χ3v) is 3.92. The maximum absolute atomic E-state index is 9.23. The first-order chi connectivity index (χ1) is 6.73. The second-order valence-corrected chi connectivity index (χ2v) is 4.99. The average Bonchev–Trinajstić information content (AvgIpc) is 2.27. The van der Waals surface area contributed by atoms with Crippen molar-refractivity contribution in [1.29, 1.82) is 0 Å². The third kappa shape index (κ3) is 2.10. The number of aliphatic hydroxyl groups excluding tert-OH is 1. The molecule has 0 spiro atoms. The quantitative estimate of drug-likeness (QED) is 0.687. The Hall–Kier alpha value is -0.120. The molecule has 0 radical (unpaired) electrons. The first kappa shape index (κ1) is 10.4. The van der Waals surface area contributed by atoms with Gasteiger partial charge in [-0.2, -0.15) is 0 Å². The van der Waals surface area contributed by atoms with E-state index in [1.807, 2.05) is 0 Å². The van der Waals surface area contributed by atoms with Crippen LogP contribution in [0.2, 0.25) is 0 Å². The molecule has 0 amide bonds. The molecule has 0 bridgehead atoms. The molecule has 3 N–H and O–H groups in total. The molecule has 1 aliphatic carbocycles. The summed E-state index contributed by atoms with van der Waals surface area (Å²) >= 11 is 0. The smallest absolute Gasteiger partial charge is 0.0611 e. The Morgan fingerprint density at radius 1 is 1.21 bits per heavy atom. The van der Waals surface area contributed by atoms with Gasteiger partial charge in [0.15, 0.2) is 0 Å². The van der Waals surface area contributed by atoms with E-state index >= 15 is 0 Å². The van der Waals surface area contributed by atoms with Gasteiger partial charge < -0.3 is 15.7 Å². The summed E-state index contributed by atoms with van der Waals surface area (Å²) in [6.45, 7) is 2.41. The molecule has 3 heteroatoms. The summed E-state index contributed by atoms with van der Waals surface area (Å²) in [7, 11) is 0. The van der Waals surface area contributed by atoms with Crippen LogP contribution in [0.15, 0.2) is 0 Å². The predicted molar refractivity (Wildman–Crippen MR) is 57.1 cm³/mol. The Kier molecular flexibility index (Phi) is 3.10. The van der Waals surface area contributed by atoms with E-state index in [9.17, 15) is 5.11 Å². The van der Waals surface area contributed by atoms with Gasteiger partial charge in [-0.05, 0) is 38.6 Å². The summed E-state index contributed by atoms with van der Waals surface area (Å²) in [5, 5.41) is 9.23. The van der Waals surface area contributed by atoms with Crippen LogP contribution in [-0.4, -0.2) is 41.3 Å². The van der Waals surface area contributed by atoms with E-state index in [1.165, 1.54) is 25.8 Å². The lowest BCUT2D eigenvalue weighted by Crippen LogP contribution is -2.45. The van der Waals surface area contributed by atoms with Crippen LogP contribution >= 0.6 is 0 Å². The molecule has 2 rings (SSSR count). The van der Waals surface area contributed by atoms with Crippen molar-refractivity contribution in [2.24, 2.45) is 5.73 Å². The van der Waals surface area contributed by atoms with Crippen molar-refractivity contribution in [3.05, 3.63) is 0 Å². The van der Waals surface area contributed by atoms with Crippen LogP contribution in [0.4, 0.5) is 0 Å². The van der Waals surface area contributed by atoms with Crippen LogP contribution in [0.5, 0.6) is 0 Å². The zero-order valence-electron chi connectivity index (χ0n) is 8.91. The topological polar surface area (TPSA) is 49.5 Å². The van der Waals surface area contributed by atoms with Gasteiger partial charge in [0.1, 0.15) is 0 Å². The molecule has 2 fully saturated rings. The molecule has 82 valence electrons. The lowest BCUT2D eigenvalue weighted by atomic mass is 9.91. The minimum atomic E-state index is -0.293. The molecule has 1 aliphatic heterocycles. The fraction of sp³-hybridized carbons (Fsp3) is 1.00. The van der Waals surface area contributed by atoms with E-state index in [-0.39, 0.29) is 12.1 Å². The van der Waals surface area contributed by atoms with Crippen LogP contribution in [0.1, 0.15) is 38.5 Å². The SMILES string of the molecule is NC1(CO)CCCN(C2CCC2)CC1. The number of hydrogen-bond acceptors (Lipinski definition) is 3. The van der Waals surface area contributed by atoms with Crippen molar-refractivity contribution in [2.45, 2.75) is 50.1 Å². The van der Waals surface area contributed by atoms with Gasteiger partial charge in [0.05, 0.1) is 6.61 Å². The number of rotatable bonds is 2. The third-order valence-electron chi connectivity index (χ3n) is 3.92. The monoisotopic (exact) mass is 198 g/mol. The molecule has 1 atom stereocenters. The second kappa shape index (κ2) is 4.17. The lowest BCUT2D eigenvalue weighted by Gasteiger charge is -2.37. The van der Waals surface area contributed by atoms with E-state index in [1.54, 1.807) is 0 Å². The number of hydrogen-bond donors (Lipinski definition) is 2.